The summed E-state index contributed by atoms with van der Waals surface area (Å²) in [4.78, 5) is 0. The second-order valence-corrected chi connectivity index (χ2v) is 6.13. The molecule has 0 saturated carbocycles. The lowest BCUT2D eigenvalue weighted by atomic mass is 9.84. The summed E-state index contributed by atoms with van der Waals surface area (Å²) >= 11 is 0. The van der Waals surface area contributed by atoms with Gasteiger partial charge in [-0.05, 0) is 39.8 Å². The van der Waals surface area contributed by atoms with Crippen molar-refractivity contribution in [3.63, 3.8) is 0 Å². The van der Waals surface area contributed by atoms with Gasteiger partial charge >= 0.3 is 0 Å². The molecule has 2 aromatic heterocycles. The Kier molecular flexibility index (Phi) is 3.02. The first kappa shape index (κ1) is 14.6. The molecular weight excluding hydrogens is 276 g/mol. The van der Waals surface area contributed by atoms with Crippen LogP contribution in [0.2, 0.25) is 0 Å². The van der Waals surface area contributed by atoms with Gasteiger partial charge in [-0.1, -0.05) is 0 Å². The molecule has 3 rings (SSSR count). The Balaban J connectivity index is 2.10. The van der Waals surface area contributed by atoms with E-state index in [1.807, 2.05) is 53.9 Å². The molecule has 1 aliphatic carbocycles. The highest BCUT2D eigenvalue weighted by molar-refractivity contribution is 6.07. The van der Waals surface area contributed by atoms with Crippen LogP contribution < -0.4 is 0 Å². The van der Waals surface area contributed by atoms with Crippen LogP contribution in [0.4, 0.5) is 0 Å². The summed E-state index contributed by atoms with van der Waals surface area (Å²) in [6, 6.07) is 3.99. The fourth-order valence-corrected chi connectivity index (χ4v) is 3.14. The van der Waals surface area contributed by atoms with Gasteiger partial charge in [0.15, 0.2) is 0 Å². The smallest absolute Gasteiger partial charge is 0.138 e. The number of rotatable bonds is 2. The maximum atomic E-state index is 10.5. The Bertz CT molecular complexity index is 777. The third-order valence-electron chi connectivity index (χ3n) is 5.04. The van der Waals surface area contributed by atoms with Gasteiger partial charge in [-0.15, -0.1) is 0 Å². The first-order valence-electron chi connectivity index (χ1n) is 7.39. The summed E-state index contributed by atoms with van der Waals surface area (Å²) in [5.74, 6) is 0.361. The van der Waals surface area contributed by atoms with Crippen LogP contribution in [0.1, 0.15) is 33.9 Å². The Morgan fingerprint density at radius 3 is 1.23 bits per heavy atom. The highest BCUT2D eigenvalue weighted by Gasteiger charge is 2.34. The van der Waals surface area contributed by atoms with Gasteiger partial charge in [-0.25, -0.2) is 0 Å². The molecule has 4 nitrogen and oxygen atoms in total. The lowest BCUT2D eigenvalue weighted by molar-refractivity contribution is 0.390. The molecule has 22 heavy (non-hydrogen) atoms. The van der Waals surface area contributed by atoms with E-state index in [4.69, 9.17) is 0 Å². The number of hydrogen-bond donors (Lipinski definition) is 2. The number of aromatic nitrogens is 2. The molecule has 0 atom stereocenters. The molecule has 0 fully saturated rings. The summed E-state index contributed by atoms with van der Waals surface area (Å²) in [6.07, 6.45) is 0. The normalized spacial score (nSPS) is 14.8. The van der Waals surface area contributed by atoms with E-state index in [1.165, 1.54) is 0 Å². The predicted octanol–water partition coefficient (Wildman–Crippen LogP) is 3.85. The molecule has 0 radical (unpaired) electrons. The fraction of sp³-hybridized carbons (Fsp3) is 0.333. The standard InChI is InChI=1S/C18H22N2O2/c1-9-7-13(11(3)19(9)5)15-17(21)16(18(15)22)14-8-10(2)20(6)12(14)4/h7-8,21-22H,1-6H3. The zero-order valence-electron chi connectivity index (χ0n) is 13.9. The lowest BCUT2D eigenvalue weighted by Crippen LogP contribution is -2.12. The van der Waals surface area contributed by atoms with Crippen molar-refractivity contribution in [3.8, 4) is 0 Å². The van der Waals surface area contributed by atoms with Crippen molar-refractivity contribution in [1.29, 1.82) is 0 Å². The zero-order valence-corrected chi connectivity index (χ0v) is 13.9. The summed E-state index contributed by atoms with van der Waals surface area (Å²) in [5.41, 5.74) is 7.15. The van der Waals surface area contributed by atoms with Gasteiger partial charge < -0.3 is 19.3 Å². The Morgan fingerprint density at radius 1 is 0.682 bits per heavy atom. The minimum absolute atomic E-state index is 0.180. The molecule has 4 heteroatoms. The van der Waals surface area contributed by atoms with Gasteiger partial charge in [0.2, 0.25) is 0 Å². The van der Waals surface area contributed by atoms with Crippen LogP contribution in [-0.2, 0) is 14.1 Å². The Morgan fingerprint density at radius 2 is 1.00 bits per heavy atom. The van der Waals surface area contributed by atoms with Crippen molar-refractivity contribution >= 4 is 11.1 Å². The molecule has 0 aliphatic heterocycles. The average Bonchev–Trinajstić information content (AvgIpc) is 2.85. The summed E-state index contributed by atoms with van der Waals surface area (Å²) in [5, 5.41) is 21.1. The third kappa shape index (κ3) is 1.70. The molecule has 116 valence electrons. The van der Waals surface area contributed by atoms with Crippen LogP contribution in [0, 0.1) is 27.7 Å². The van der Waals surface area contributed by atoms with E-state index in [0.29, 0.717) is 11.1 Å². The van der Waals surface area contributed by atoms with E-state index in [0.717, 1.165) is 33.9 Å². The molecule has 2 heterocycles. The summed E-state index contributed by atoms with van der Waals surface area (Å²) in [7, 11) is 3.97. The van der Waals surface area contributed by atoms with E-state index < -0.39 is 0 Å². The first-order valence-corrected chi connectivity index (χ1v) is 7.39. The van der Waals surface area contributed by atoms with Crippen LogP contribution in [0.3, 0.4) is 0 Å². The summed E-state index contributed by atoms with van der Waals surface area (Å²) in [6.45, 7) is 8.01. The number of hydrogen-bond acceptors (Lipinski definition) is 2. The minimum atomic E-state index is 0.180. The van der Waals surface area contributed by atoms with Gasteiger partial charge in [0.25, 0.3) is 0 Å². The van der Waals surface area contributed by atoms with Crippen molar-refractivity contribution in [1.82, 2.24) is 9.13 Å². The number of aryl methyl sites for hydroxylation is 2. The molecule has 0 aromatic carbocycles. The second-order valence-electron chi connectivity index (χ2n) is 6.13. The van der Waals surface area contributed by atoms with Crippen molar-refractivity contribution in [3.05, 3.63) is 57.6 Å². The van der Waals surface area contributed by atoms with Crippen molar-refractivity contribution in [2.45, 2.75) is 27.7 Å². The molecule has 0 spiro atoms. The number of allylic oxidation sites excluding steroid dienone is 2. The zero-order chi connectivity index (χ0) is 16.3. The maximum absolute atomic E-state index is 10.5. The molecule has 1 aliphatic rings. The molecule has 0 unspecified atom stereocenters. The van der Waals surface area contributed by atoms with Gasteiger partial charge in [0.05, 0.1) is 11.1 Å². The Labute approximate surface area is 130 Å². The van der Waals surface area contributed by atoms with Crippen LogP contribution in [0.5, 0.6) is 0 Å². The van der Waals surface area contributed by atoms with E-state index in [-0.39, 0.29) is 11.5 Å². The third-order valence-corrected chi connectivity index (χ3v) is 5.04. The molecule has 0 bridgehead atoms. The fourth-order valence-electron chi connectivity index (χ4n) is 3.14. The first-order chi connectivity index (χ1) is 10.3. The predicted molar refractivity (Wildman–Crippen MR) is 88.9 cm³/mol. The molecule has 2 aromatic rings. The number of aliphatic hydroxyl groups is 2. The molecule has 0 amide bonds. The second kappa shape index (κ2) is 4.57. The van der Waals surface area contributed by atoms with Crippen molar-refractivity contribution in [2.24, 2.45) is 14.1 Å². The van der Waals surface area contributed by atoms with Crippen LogP contribution >= 0.6 is 0 Å². The van der Waals surface area contributed by atoms with Crippen LogP contribution in [0.15, 0.2) is 23.7 Å². The average molecular weight is 298 g/mol. The van der Waals surface area contributed by atoms with E-state index in [9.17, 15) is 10.2 Å². The van der Waals surface area contributed by atoms with E-state index in [1.54, 1.807) is 0 Å². The highest BCUT2D eigenvalue weighted by Crippen LogP contribution is 2.46. The minimum Gasteiger partial charge on any atom is -0.506 e. The quantitative estimate of drug-likeness (QED) is 0.884. The molecule has 0 saturated heterocycles. The van der Waals surface area contributed by atoms with Crippen molar-refractivity contribution in [2.75, 3.05) is 0 Å². The van der Waals surface area contributed by atoms with E-state index >= 15 is 0 Å². The number of nitrogens with zero attached hydrogens (tertiary/aromatic N) is 2. The van der Waals surface area contributed by atoms with Crippen LogP contribution in [0.25, 0.3) is 11.1 Å². The van der Waals surface area contributed by atoms with Gasteiger partial charge in [-0.3, -0.25) is 0 Å². The largest absolute Gasteiger partial charge is 0.506 e. The van der Waals surface area contributed by atoms with Gasteiger partial charge in [0, 0.05) is 48.0 Å². The topological polar surface area (TPSA) is 50.3 Å². The monoisotopic (exact) mass is 298 g/mol. The van der Waals surface area contributed by atoms with Gasteiger partial charge in [0.1, 0.15) is 11.5 Å². The highest BCUT2D eigenvalue weighted by atomic mass is 16.3. The molecular formula is C18H22N2O2. The summed E-state index contributed by atoms with van der Waals surface area (Å²) < 4.78 is 4.11. The number of aliphatic hydroxyl groups excluding tert-OH is 2. The van der Waals surface area contributed by atoms with Crippen LogP contribution in [-0.4, -0.2) is 19.3 Å². The SMILES string of the molecule is Cc1cc(C2=C(O)C(c3cc(C)n(C)c3C)=C2O)c(C)n1C. The maximum Gasteiger partial charge on any atom is 0.138 e. The van der Waals surface area contributed by atoms with Gasteiger partial charge in [-0.2, -0.15) is 0 Å². The lowest BCUT2D eigenvalue weighted by Gasteiger charge is -2.24. The Hall–Kier alpha value is -2.36. The molecule has 2 N–H and O–H groups in total. The van der Waals surface area contributed by atoms with E-state index in [2.05, 4.69) is 9.13 Å². The van der Waals surface area contributed by atoms with Crippen molar-refractivity contribution < 1.29 is 10.2 Å².